The molecule has 5 nitrogen and oxygen atoms in total. The molecule has 0 aliphatic heterocycles. The van der Waals surface area contributed by atoms with Gasteiger partial charge in [-0.05, 0) is 37.1 Å². The van der Waals surface area contributed by atoms with Crippen LogP contribution in [-0.4, -0.2) is 22.8 Å². The lowest BCUT2D eigenvalue weighted by molar-refractivity contribution is 0.0940. The first kappa shape index (κ1) is 18.0. The van der Waals surface area contributed by atoms with Gasteiger partial charge in [-0.1, -0.05) is 32.9 Å². The molecule has 24 heavy (non-hydrogen) atoms. The van der Waals surface area contributed by atoms with Gasteiger partial charge in [0.15, 0.2) is 0 Å². The Hall–Kier alpha value is -2.30. The standard InChI is InChI=1S/C19H27N3O2/c1-7-22-15(11-17(21-22)19(3,4)5)18(23)20-12-14-9-8-13(2)16(10-14)24-6/h8-11H,7,12H2,1-6H3,(H,20,23). The second-order valence-corrected chi connectivity index (χ2v) is 6.97. The number of nitrogens with zero attached hydrogens (tertiary/aromatic N) is 2. The van der Waals surface area contributed by atoms with Crippen LogP contribution in [0.5, 0.6) is 5.75 Å². The number of amides is 1. The van der Waals surface area contributed by atoms with E-state index in [0.29, 0.717) is 18.8 Å². The first-order valence-corrected chi connectivity index (χ1v) is 8.26. The minimum absolute atomic E-state index is 0.0836. The monoisotopic (exact) mass is 329 g/mol. The van der Waals surface area contributed by atoms with Crippen LogP contribution in [0, 0.1) is 6.92 Å². The molecule has 130 valence electrons. The van der Waals surface area contributed by atoms with Crippen molar-refractivity contribution in [2.24, 2.45) is 0 Å². The maximum atomic E-state index is 12.6. The molecule has 0 unspecified atom stereocenters. The van der Waals surface area contributed by atoms with Gasteiger partial charge in [-0.15, -0.1) is 0 Å². The molecule has 1 aromatic heterocycles. The number of hydrogen-bond acceptors (Lipinski definition) is 3. The number of benzene rings is 1. The van der Waals surface area contributed by atoms with Gasteiger partial charge in [0.25, 0.3) is 5.91 Å². The summed E-state index contributed by atoms with van der Waals surface area (Å²) in [6.45, 7) is 11.4. The molecule has 1 aromatic carbocycles. The third-order valence-electron chi connectivity index (χ3n) is 4.01. The van der Waals surface area contributed by atoms with Crippen LogP contribution < -0.4 is 10.1 Å². The van der Waals surface area contributed by atoms with Crippen molar-refractivity contribution in [2.45, 2.75) is 53.1 Å². The van der Waals surface area contributed by atoms with Gasteiger partial charge in [-0.25, -0.2) is 0 Å². The molecular weight excluding hydrogens is 302 g/mol. The third kappa shape index (κ3) is 3.96. The van der Waals surface area contributed by atoms with Crippen molar-refractivity contribution in [3.63, 3.8) is 0 Å². The molecule has 1 amide bonds. The third-order valence-corrected chi connectivity index (χ3v) is 4.01. The SMILES string of the molecule is CCn1nc(C(C)(C)C)cc1C(=O)NCc1ccc(C)c(OC)c1. The minimum atomic E-state index is -0.112. The summed E-state index contributed by atoms with van der Waals surface area (Å²) in [4.78, 5) is 12.6. The lowest BCUT2D eigenvalue weighted by atomic mass is 9.92. The van der Waals surface area contributed by atoms with E-state index in [1.807, 2.05) is 38.1 Å². The molecule has 0 saturated heterocycles. The van der Waals surface area contributed by atoms with Crippen LogP contribution >= 0.6 is 0 Å². The van der Waals surface area contributed by atoms with E-state index in [-0.39, 0.29) is 11.3 Å². The molecule has 2 rings (SSSR count). The lowest BCUT2D eigenvalue weighted by Gasteiger charge is -2.13. The molecule has 0 atom stereocenters. The van der Waals surface area contributed by atoms with Gasteiger partial charge in [-0.2, -0.15) is 5.10 Å². The van der Waals surface area contributed by atoms with Crippen molar-refractivity contribution in [2.75, 3.05) is 7.11 Å². The Morgan fingerprint density at radius 1 is 1.29 bits per heavy atom. The zero-order valence-corrected chi connectivity index (χ0v) is 15.4. The molecule has 0 saturated carbocycles. The van der Waals surface area contributed by atoms with Crippen LogP contribution in [0.1, 0.15) is 55.0 Å². The highest BCUT2D eigenvalue weighted by atomic mass is 16.5. The molecule has 0 aliphatic carbocycles. The van der Waals surface area contributed by atoms with Crippen LogP contribution in [0.2, 0.25) is 0 Å². The fourth-order valence-corrected chi connectivity index (χ4v) is 2.45. The Kier molecular flexibility index (Phi) is 5.32. The van der Waals surface area contributed by atoms with Gasteiger partial charge in [-0.3, -0.25) is 9.48 Å². The molecule has 0 aliphatic rings. The quantitative estimate of drug-likeness (QED) is 0.914. The Balaban J connectivity index is 2.14. The maximum Gasteiger partial charge on any atom is 0.269 e. The number of aromatic nitrogens is 2. The summed E-state index contributed by atoms with van der Waals surface area (Å²) in [5, 5.41) is 7.52. The van der Waals surface area contributed by atoms with E-state index in [9.17, 15) is 4.79 Å². The average Bonchev–Trinajstić information content (AvgIpc) is 2.98. The summed E-state index contributed by atoms with van der Waals surface area (Å²) in [5.41, 5.74) is 3.52. The topological polar surface area (TPSA) is 56.2 Å². The van der Waals surface area contributed by atoms with Crippen molar-refractivity contribution in [3.05, 3.63) is 46.8 Å². The van der Waals surface area contributed by atoms with Crippen molar-refractivity contribution in [3.8, 4) is 5.75 Å². The van der Waals surface area contributed by atoms with Gasteiger partial charge in [0.05, 0.1) is 12.8 Å². The summed E-state index contributed by atoms with van der Waals surface area (Å²) in [5.74, 6) is 0.717. The predicted molar refractivity (Wildman–Crippen MR) is 95.5 cm³/mol. The zero-order valence-electron chi connectivity index (χ0n) is 15.4. The summed E-state index contributed by atoms with van der Waals surface area (Å²) >= 11 is 0. The highest BCUT2D eigenvalue weighted by Crippen LogP contribution is 2.22. The fraction of sp³-hybridized carbons (Fsp3) is 0.474. The molecule has 5 heteroatoms. The second kappa shape index (κ2) is 7.07. The largest absolute Gasteiger partial charge is 0.496 e. The molecule has 0 spiro atoms. The molecule has 0 bridgehead atoms. The smallest absolute Gasteiger partial charge is 0.269 e. The number of aryl methyl sites for hydroxylation is 2. The number of nitrogens with one attached hydrogen (secondary N) is 1. The number of carbonyl (C=O) groups is 1. The predicted octanol–water partition coefficient (Wildman–Crippen LogP) is 3.45. The highest BCUT2D eigenvalue weighted by molar-refractivity contribution is 5.92. The van der Waals surface area contributed by atoms with Crippen LogP contribution in [0.4, 0.5) is 0 Å². The van der Waals surface area contributed by atoms with E-state index in [1.54, 1.807) is 11.8 Å². The molecule has 0 fully saturated rings. The number of rotatable bonds is 5. The van der Waals surface area contributed by atoms with Crippen LogP contribution in [0.25, 0.3) is 0 Å². The highest BCUT2D eigenvalue weighted by Gasteiger charge is 2.22. The van der Waals surface area contributed by atoms with E-state index >= 15 is 0 Å². The average molecular weight is 329 g/mol. The van der Waals surface area contributed by atoms with Crippen LogP contribution in [-0.2, 0) is 18.5 Å². The minimum Gasteiger partial charge on any atom is -0.496 e. The van der Waals surface area contributed by atoms with Gasteiger partial charge in [0.2, 0.25) is 0 Å². The van der Waals surface area contributed by atoms with Crippen molar-refractivity contribution in [1.82, 2.24) is 15.1 Å². The molecular formula is C19H27N3O2. The van der Waals surface area contributed by atoms with Gasteiger partial charge >= 0.3 is 0 Å². The zero-order chi connectivity index (χ0) is 17.9. The molecule has 1 heterocycles. The first-order valence-electron chi connectivity index (χ1n) is 8.26. The van der Waals surface area contributed by atoms with E-state index in [4.69, 9.17) is 4.74 Å². The van der Waals surface area contributed by atoms with Crippen molar-refractivity contribution in [1.29, 1.82) is 0 Å². The molecule has 2 aromatic rings. The summed E-state index contributed by atoms with van der Waals surface area (Å²) in [6.07, 6.45) is 0. The fourth-order valence-electron chi connectivity index (χ4n) is 2.45. The van der Waals surface area contributed by atoms with Crippen LogP contribution in [0.15, 0.2) is 24.3 Å². The first-order chi connectivity index (χ1) is 11.3. The Bertz CT molecular complexity index is 727. The molecule has 0 radical (unpaired) electrons. The van der Waals surface area contributed by atoms with Crippen molar-refractivity contribution < 1.29 is 9.53 Å². The molecule has 1 N–H and O–H groups in total. The number of ether oxygens (including phenoxy) is 1. The Morgan fingerprint density at radius 2 is 2.00 bits per heavy atom. The van der Waals surface area contributed by atoms with E-state index in [2.05, 4.69) is 31.2 Å². The van der Waals surface area contributed by atoms with Crippen LogP contribution in [0.3, 0.4) is 0 Å². The maximum absolute atomic E-state index is 12.6. The number of carbonyl (C=O) groups excluding carboxylic acids is 1. The normalized spacial score (nSPS) is 11.4. The van der Waals surface area contributed by atoms with Gasteiger partial charge in [0.1, 0.15) is 11.4 Å². The number of methoxy groups -OCH3 is 1. The summed E-state index contributed by atoms with van der Waals surface area (Å²) in [6, 6.07) is 7.83. The van der Waals surface area contributed by atoms with E-state index in [1.165, 1.54) is 0 Å². The van der Waals surface area contributed by atoms with Crippen molar-refractivity contribution >= 4 is 5.91 Å². The summed E-state index contributed by atoms with van der Waals surface area (Å²) in [7, 11) is 1.65. The Morgan fingerprint density at radius 3 is 2.58 bits per heavy atom. The summed E-state index contributed by atoms with van der Waals surface area (Å²) < 4.78 is 7.08. The van der Waals surface area contributed by atoms with Gasteiger partial charge in [0, 0.05) is 18.5 Å². The Labute approximate surface area is 144 Å². The lowest BCUT2D eigenvalue weighted by Crippen LogP contribution is -2.25. The van der Waals surface area contributed by atoms with Gasteiger partial charge < -0.3 is 10.1 Å². The van der Waals surface area contributed by atoms with E-state index < -0.39 is 0 Å². The second-order valence-electron chi connectivity index (χ2n) is 6.97. The number of hydrogen-bond donors (Lipinski definition) is 1. The van der Waals surface area contributed by atoms with E-state index in [0.717, 1.165) is 22.6 Å².